The van der Waals surface area contributed by atoms with Gasteiger partial charge < -0.3 is 4.74 Å². The Morgan fingerprint density at radius 2 is 1.64 bits per heavy atom. The summed E-state index contributed by atoms with van der Waals surface area (Å²) in [6, 6.07) is 18.4. The maximum atomic E-state index is 11.2. The Labute approximate surface area is 133 Å². The minimum atomic E-state index is 0.365. The van der Waals surface area contributed by atoms with Gasteiger partial charge in [-0.05, 0) is 42.5 Å². The SMILES string of the molecule is CCC(=O)CCCCc1ccc(OCc2ccccc2)cc1. The molecular formula is C20H24O2. The summed E-state index contributed by atoms with van der Waals surface area (Å²) >= 11 is 0. The molecule has 0 fully saturated rings. The van der Waals surface area contributed by atoms with Crippen molar-refractivity contribution in [2.75, 3.05) is 0 Å². The number of hydrogen-bond acceptors (Lipinski definition) is 2. The summed E-state index contributed by atoms with van der Waals surface area (Å²) in [6.45, 7) is 2.52. The van der Waals surface area contributed by atoms with Crippen molar-refractivity contribution in [2.45, 2.75) is 45.6 Å². The number of carbonyl (C=O) groups excluding carboxylic acids is 1. The Kier molecular flexibility index (Phi) is 6.69. The lowest BCUT2D eigenvalue weighted by atomic mass is 10.1. The monoisotopic (exact) mass is 296 g/mol. The molecule has 0 saturated carbocycles. The van der Waals surface area contributed by atoms with Crippen LogP contribution in [0.2, 0.25) is 0 Å². The summed E-state index contributed by atoms with van der Waals surface area (Å²) in [5.41, 5.74) is 2.48. The first-order valence-corrected chi connectivity index (χ1v) is 8.05. The summed E-state index contributed by atoms with van der Waals surface area (Å²) in [4.78, 5) is 11.2. The Balaban J connectivity index is 1.72. The van der Waals surface area contributed by atoms with Gasteiger partial charge >= 0.3 is 0 Å². The molecule has 2 aromatic carbocycles. The fourth-order valence-electron chi connectivity index (χ4n) is 2.32. The van der Waals surface area contributed by atoms with Gasteiger partial charge in [0.2, 0.25) is 0 Å². The lowest BCUT2D eigenvalue weighted by Crippen LogP contribution is -1.96. The molecule has 2 heteroatoms. The van der Waals surface area contributed by atoms with E-state index in [1.165, 1.54) is 11.1 Å². The van der Waals surface area contributed by atoms with Crippen LogP contribution in [0.15, 0.2) is 54.6 Å². The molecule has 0 aromatic heterocycles. The molecule has 0 aliphatic carbocycles. The Morgan fingerprint density at radius 1 is 0.909 bits per heavy atom. The van der Waals surface area contributed by atoms with Crippen LogP contribution in [0.25, 0.3) is 0 Å². The van der Waals surface area contributed by atoms with Gasteiger partial charge in [-0.1, -0.05) is 49.4 Å². The minimum Gasteiger partial charge on any atom is -0.489 e. The summed E-state index contributed by atoms with van der Waals surface area (Å²) in [7, 11) is 0. The number of benzene rings is 2. The molecule has 0 spiro atoms. The van der Waals surface area contributed by atoms with Gasteiger partial charge in [-0.2, -0.15) is 0 Å². The second-order valence-electron chi connectivity index (χ2n) is 5.52. The largest absolute Gasteiger partial charge is 0.489 e. The van der Waals surface area contributed by atoms with Crippen molar-refractivity contribution in [2.24, 2.45) is 0 Å². The van der Waals surface area contributed by atoms with Crippen molar-refractivity contribution in [1.82, 2.24) is 0 Å². The van der Waals surface area contributed by atoms with Gasteiger partial charge in [0.1, 0.15) is 18.1 Å². The molecule has 0 unspecified atom stereocenters. The molecule has 0 amide bonds. The van der Waals surface area contributed by atoms with Crippen LogP contribution in [-0.4, -0.2) is 5.78 Å². The Morgan fingerprint density at radius 3 is 2.32 bits per heavy atom. The molecule has 116 valence electrons. The van der Waals surface area contributed by atoms with E-state index in [9.17, 15) is 4.79 Å². The van der Waals surface area contributed by atoms with Crippen molar-refractivity contribution in [3.8, 4) is 5.75 Å². The van der Waals surface area contributed by atoms with Crippen LogP contribution < -0.4 is 4.74 Å². The maximum Gasteiger partial charge on any atom is 0.132 e. The summed E-state index contributed by atoms with van der Waals surface area (Å²) in [5.74, 6) is 1.26. The van der Waals surface area contributed by atoms with Crippen LogP contribution in [0.5, 0.6) is 5.75 Å². The molecule has 22 heavy (non-hydrogen) atoms. The number of ketones is 1. The van der Waals surface area contributed by atoms with E-state index < -0.39 is 0 Å². The predicted molar refractivity (Wildman–Crippen MR) is 90.1 cm³/mol. The lowest BCUT2D eigenvalue weighted by Gasteiger charge is -2.07. The molecule has 0 N–H and O–H groups in total. The lowest BCUT2D eigenvalue weighted by molar-refractivity contribution is -0.118. The van der Waals surface area contributed by atoms with Crippen molar-refractivity contribution in [3.63, 3.8) is 0 Å². The third-order valence-corrected chi connectivity index (χ3v) is 3.74. The second kappa shape index (κ2) is 9.04. The highest BCUT2D eigenvalue weighted by molar-refractivity contribution is 5.77. The smallest absolute Gasteiger partial charge is 0.132 e. The van der Waals surface area contributed by atoms with Gasteiger partial charge in [0, 0.05) is 12.8 Å². The highest BCUT2D eigenvalue weighted by Crippen LogP contribution is 2.16. The van der Waals surface area contributed by atoms with E-state index in [1.54, 1.807) is 0 Å². The summed E-state index contributed by atoms with van der Waals surface area (Å²) < 4.78 is 5.77. The van der Waals surface area contributed by atoms with Crippen molar-refractivity contribution >= 4 is 5.78 Å². The molecule has 0 heterocycles. The number of ether oxygens (including phenoxy) is 1. The predicted octanol–water partition coefficient (Wildman–Crippen LogP) is 4.96. The molecule has 2 nitrogen and oxygen atoms in total. The molecule has 0 aliphatic rings. The highest BCUT2D eigenvalue weighted by atomic mass is 16.5. The van der Waals surface area contributed by atoms with Crippen molar-refractivity contribution in [1.29, 1.82) is 0 Å². The molecule has 2 rings (SSSR count). The van der Waals surface area contributed by atoms with Gasteiger partial charge in [-0.3, -0.25) is 4.79 Å². The molecule has 0 saturated heterocycles. The zero-order valence-corrected chi connectivity index (χ0v) is 13.3. The number of hydrogen-bond donors (Lipinski definition) is 0. The van der Waals surface area contributed by atoms with Gasteiger partial charge in [-0.15, -0.1) is 0 Å². The van der Waals surface area contributed by atoms with Crippen LogP contribution in [0.1, 0.15) is 43.7 Å². The Hall–Kier alpha value is -2.09. The average Bonchev–Trinajstić information content (AvgIpc) is 2.58. The Bertz CT molecular complexity index is 558. The molecule has 0 aliphatic heterocycles. The fourth-order valence-corrected chi connectivity index (χ4v) is 2.32. The maximum absolute atomic E-state index is 11.2. The molecular weight excluding hydrogens is 272 g/mol. The fraction of sp³-hybridized carbons (Fsp3) is 0.350. The number of rotatable bonds is 9. The minimum absolute atomic E-state index is 0.365. The number of unbranched alkanes of at least 4 members (excludes halogenated alkanes) is 1. The average molecular weight is 296 g/mol. The van der Waals surface area contributed by atoms with E-state index in [2.05, 4.69) is 24.3 Å². The third-order valence-electron chi connectivity index (χ3n) is 3.74. The van der Waals surface area contributed by atoms with Gasteiger partial charge in [-0.25, -0.2) is 0 Å². The van der Waals surface area contributed by atoms with E-state index in [0.29, 0.717) is 18.8 Å². The molecule has 0 bridgehead atoms. The van der Waals surface area contributed by atoms with E-state index in [4.69, 9.17) is 4.74 Å². The van der Waals surface area contributed by atoms with Gasteiger partial charge in [0.25, 0.3) is 0 Å². The molecule has 0 radical (unpaired) electrons. The molecule has 0 atom stereocenters. The second-order valence-corrected chi connectivity index (χ2v) is 5.52. The van der Waals surface area contributed by atoms with Gasteiger partial charge in [0.15, 0.2) is 0 Å². The zero-order valence-electron chi connectivity index (χ0n) is 13.3. The quantitative estimate of drug-likeness (QED) is 0.611. The molecule has 2 aromatic rings. The third kappa shape index (κ3) is 5.72. The highest BCUT2D eigenvalue weighted by Gasteiger charge is 2.00. The van der Waals surface area contributed by atoms with Crippen LogP contribution in [0, 0.1) is 0 Å². The zero-order chi connectivity index (χ0) is 15.6. The number of carbonyl (C=O) groups is 1. The van der Waals surface area contributed by atoms with E-state index in [1.807, 2.05) is 37.3 Å². The first-order chi connectivity index (χ1) is 10.8. The van der Waals surface area contributed by atoms with E-state index in [-0.39, 0.29) is 0 Å². The number of aryl methyl sites for hydroxylation is 1. The van der Waals surface area contributed by atoms with E-state index >= 15 is 0 Å². The van der Waals surface area contributed by atoms with Crippen LogP contribution in [0.3, 0.4) is 0 Å². The van der Waals surface area contributed by atoms with Crippen molar-refractivity contribution in [3.05, 3.63) is 65.7 Å². The first-order valence-electron chi connectivity index (χ1n) is 8.05. The normalized spacial score (nSPS) is 10.4. The van der Waals surface area contributed by atoms with Crippen molar-refractivity contribution < 1.29 is 9.53 Å². The van der Waals surface area contributed by atoms with Gasteiger partial charge in [0.05, 0.1) is 0 Å². The van der Waals surface area contributed by atoms with Crippen LogP contribution in [-0.2, 0) is 17.8 Å². The van der Waals surface area contributed by atoms with Crippen LogP contribution >= 0.6 is 0 Å². The number of Topliss-reactive ketones (excluding diaryl/α,β-unsaturated/α-hetero) is 1. The van der Waals surface area contributed by atoms with Crippen LogP contribution in [0.4, 0.5) is 0 Å². The summed E-state index contributed by atoms with van der Waals surface area (Å²) in [6.07, 6.45) is 4.45. The topological polar surface area (TPSA) is 26.3 Å². The first kappa shape index (κ1) is 16.3. The summed E-state index contributed by atoms with van der Waals surface area (Å²) in [5, 5.41) is 0. The standard InChI is InChI=1S/C20H24O2/c1-2-19(21)11-7-6-8-17-12-14-20(15-13-17)22-16-18-9-4-3-5-10-18/h3-5,9-10,12-15H,2,6-8,11,16H2,1H3. The van der Waals surface area contributed by atoms with E-state index in [0.717, 1.165) is 31.4 Å².